The van der Waals surface area contributed by atoms with Crippen LogP contribution >= 0.6 is 31.9 Å². The Bertz CT molecular complexity index is 992. The summed E-state index contributed by atoms with van der Waals surface area (Å²) < 4.78 is 22.3. The second-order valence-electron chi connectivity index (χ2n) is 6.24. The molecule has 12 heteroatoms. The van der Waals surface area contributed by atoms with Crippen LogP contribution in [0.1, 0.15) is 17.5 Å². The molecule has 10 nitrogen and oxygen atoms in total. The van der Waals surface area contributed by atoms with Crippen LogP contribution in [0.2, 0.25) is 0 Å². The summed E-state index contributed by atoms with van der Waals surface area (Å²) in [4.78, 5) is 23.9. The van der Waals surface area contributed by atoms with Crippen LogP contribution in [0.4, 0.5) is 0 Å². The third kappa shape index (κ3) is 7.46. The molecule has 2 rings (SSSR count). The molecule has 0 saturated carbocycles. The molecule has 0 fully saturated rings. The standard InChI is InChI=1S/C21H22Br2N4O6/c1-30-16-7-12(5-14(22)20(16)32-3)10-24-26-18(28)9-19(29)27-25-11-13-6-15(23)21(33-4)17(8-13)31-2/h5-8,10-11H,9H2,1-4H3,(H,26,28)(H,27,29)/b24-10-,25-11-. The Kier molecular flexibility index (Phi) is 10.1. The molecule has 176 valence electrons. The summed E-state index contributed by atoms with van der Waals surface area (Å²) in [5.74, 6) is 0.865. The Balaban J connectivity index is 1.90. The number of rotatable bonds is 10. The molecular formula is C21H22Br2N4O6. The summed E-state index contributed by atoms with van der Waals surface area (Å²) in [6, 6.07) is 6.86. The maximum absolute atomic E-state index is 11.9. The minimum Gasteiger partial charge on any atom is -0.493 e. The second kappa shape index (κ2) is 12.8. The molecule has 0 bridgehead atoms. The predicted molar refractivity (Wildman–Crippen MR) is 131 cm³/mol. The first kappa shape index (κ1) is 26.1. The van der Waals surface area contributed by atoms with Crippen molar-refractivity contribution in [2.75, 3.05) is 28.4 Å². The molecule has 0 radical (unpaired) electrons. The van der Waals surface area contributed by atoms with Crippen molar-refractivity contribution in [3.8, 4) is 23.0 Å². The fourth-order valence-corrected chi connectivity index (χ4v) is 3.85. The van der Waals surface area contributed by atoms with Gasteiger partial charge in [-0.15, -0.1) is 0 Å². The van der Waals surface area contributed by atoms with E-state index in [1.165, 1.54) is 40.9 Å². The molecule has 0 atom stereocenters. The highest BCUT2D eigenvalue weighted by Crippen LogP contribution is 2.36. The van der Waals surface area contributed by atoms with Crippen molar-refractivity contribution < 1.29 is 28.5 Å². The normalized spacial score (nSPS) is 10.8. The number of hydrazone groups is 2. The lowest BCUT2D eigenvalue weighted by atomic mass is 10.2. The van der Waals surface area contributed by atoms with Crippen molar-refractivity contribution in [2.24, 2.45) is 10.2 Å². The Morgan fingerprint density at radius 2 is 1.15 bits per heavy atom. The smallest absolute Gasteiger partial charge is 0.249 e. The highest BCUT2D eigenvalue weighted by atomic mass is 79.9. The molecule has 0 saturated heterocycles. The highest BCUT2D eigenvalue weighted by Gasteiger charge is 2.11. The highest BCUT2D eigenvalue weighted by molar-refractivity contribution is 9.11. The molecule has 0 aromatic heterocycles. The lowest BCUT2D eigenvalue weighted by molar-refractivity contribution is -0.129. The number of hydrogen-bond acceptors (Lipinski definition) is 8. The van der Waals surface area contributed by atoms with Crippen molar-refractivity contribution in [3.05, 3.63) is 44.3 Å². The van der Waals surface area contributed by atoms with E-state index in [1.807, 2.05) is 0 Å². The van der Waals surface area contributed by atoms with E-state index in [-0.39, 0.29) is 0 Å². The van der Waals surface area contributed by atoms with E-state index >= 15 is 0 Å². The maximum atomic E-state index is 11.9. The summed E-state index contributed by atoms with van der Waals surface area (Å²) in [6.07, 6.45) is 2.37. The van der Waals surface area contributed by atoms with E-state index in [0.717, 1.165) is 0 Å². The van der Waals surface area contributed by atoms with Crippen LogP contribution in [0.15, 0.2) is 43.4 Å². The summed E-state index contributed by atoms with van der Waals surface area (Å²) >= 11 is 6.75. The van der Waals surface area contributed by atoms with Gasteiger partial charge >= 0.3 is 0 Å². The number of carbonyl (C=O) groups excluding carboxylic acids is 2. The number of ether oxygens (including phenoxy) is 4. The third-order valence-electron chi connectivity index (χ3n) is 4.04. The largest absolute Gasteiger partial charge is 0.493 e. The van der Waals surface area contributed by atoms with Crippen molar-refractivity contribution >= 4 is 56.1 Å². The zero-order valence-electron chi connectivity index (χ0n) is 18.3. The zero-order chi connectivity index (χ0) is 24.4. The number of nitrogens with one attached hydrogen (secondary N) is 2. The van der Waals surface area contributed by atoms with Crippen molar-refractivity contribution in [3.63, 3.8) is 0 Å². The topological polar surface area (TPSA) is 120 Å². The number of hydrogen-bond donors (Lipinski definition) is 2. The Morgan fingerprint density at radius 3 is 1.48 bits per heavy atom. The van der Waals surface area contributed by atoms with Crippen LogP contribution in [0.25, 0.3) is 0 Å². The summed E-state index contributed by atoms with van der Waals surface area (Å²) in [6.45, 7) is 0. The predicted octanol–water partition coefficient (Wildman–Crippen LogP) is 3.24. The van der Waals surface area contributed by atoms with Crippen LogP contribution in [0.5, 0.6) is 23.0 Å². The molecule has 0 aliphatic rings. The maximum Gasteiger partial charge on any atom is 0.249 e. The molecule has 0 aliphatic heterocycles. The van der Waals surface area contributed by atoms with Crippen molar-refractivity contribution in [1.29, 1.82) is 0 Å². The number of amides is 2. The van der Waals surface area contributed by atoms with Crippen molar-refractivity contribution in [2.45, 2.75) is 6.42 Å². The molecule has 2 aromatic carbocycles. The van der Waals surface area contributed by atoms with Gasteiger partial charge in [-0.2, -0.15) is 10.2 Å². The summed E-state index contributed by atoms with van der Waals surface area (Å²) in [7, 11) is 6.08. The van der Waals surface area contributed by atoms with Gasteiger partial charge in [0.05, 0.1) is 49.8 Å². The van der Waals surface area contributed by atoms with Gasteiger partial charge in [-0.1, -0.05) is 0 Å². The van der Waals surface area contributed by atoms with Gasteiger partial charge in [0.15, 0.2) is 23.0 Å². The molecule has 0 unspecified atom stereocenters. The molecule has 0 spiro atoms. The van der Waals surface area contributed by atoms with Gasteiger partial charge in [-0.25, -0.2) is 10.9 Å². The average Bonchev–Trinajstić information content (AvgIpc) is 2.78. The SMILES string of the molecule is COc1cc(/C=N\NC(=O)CC(=O)N/N=C\c2cc(Br)c(OC)c(OC)c2)cc(Br)c1OC. The Hall–Kier alpha value is -3.12. The van der Waals surface area contributed by atoms with Crippen molar-refractivity contribution in [1.82, 2.24) is 10.9 Å². The molecule has 2 amide bonds. The van der Waals surface area contributed by atoms with Crippen LogP contribution in [-0.4, -0.2) is 52.7 Å². The molecule has 2 N–H and O–H groups in total. The fourth-order valence-electron chi connectivity index (χ4n) is 2.61. The number of benzene rings is 2. The van der Waals surface area contributed by atoms with Gasteiger partial charge in [0, 0.05) is 0 Å². The number of carbonyl (C=O) groups is 2. The first-order valence-electron chi connectivity index (χ1n) is 9.29. The van der Waals surface area contributed by atoms with E-state index < -0.39 is 18.2 Å². The lowest BCUT2D eigenvalue weighted by Gasteiger charge is -2.10. The molecule has 0 heterocycles. The van der Waals surface area contributed by atoms with Gasteiger partial charge in [0.1, 0.15) is 6.42 Å². The van der Waals surface area contributed by atoms with Gasteiger partial charge in [-0.05, 0) is 67.3 Å². The van der Waals surface area contributed by atoms with Gasteiger partial charge in [-0.3, -0.25) is 9.59 Å². The minimum atomic E-state index is -0.604. The Labute approximate surface area is 207 Å². The van der Waals surface area contributed by atoms with Crippen LogP contribution in [-0.2, 0) is 9.59 Å². The van der Waals surface area contributed by atoms with E-state index in [2.05, 4.69) is 52.9 Å². The number of nitrogens with zero attached hydrogens (tertiary/aromatic N) is 2. The summed E-state index contributed by atoms with van der Waals surface area (Å²) in [5, 5.41) is 7.70. The van der Waals surface area contributed by atoms with E-state index in [1.54, 1.807) is 24.3 Å². The summed E-state index contributed by atoms with van der Waals surface area (Å²) in [5.41, 5.74) is 5.87. The van der Waals surface area contributed by atoms with Gasteiger partial charge < -0.3 is 18.9 Å². The van der Waals surface area contributed by atoms with Crippen LogP contribution in [0, 0.1) is 0 Å². The second-order valence-corrected chi connectivity index (χ2v) is 7.95. The van der Waals surface area contributed by atoms with Crippen LogP contribution in [0.3, 0.4) is 0 Å². The van der Waals surface area contributed by atoms with E-state index in [4.69, 9.17) is 18.9 Å². The van der Waals surface area contributed by atoms with E-state index in [9.17, 15) is 9.59 Å². The van der Waals surface area contributed by atoms with Gasteiger partial charge in [0.25, 0.3) is 0 Å². The lowest BCUT2D eigenvalue weighted by Crippen LogP contribution is -2.27. The van der Waals surface area contributed by atoms with Crippen LogP contribution < -0.4 is 29.8 Å². The average molecular weight is 586 g/mol. The first-order valence-corrected chi connectivity index (χ1v) is 10.9. The zero-order valence-corrected chi connectivity index (χ0v) is 21.4. The van der Waals surface area contributed by atoms with E-state index in [0.29, 0.717) is 43.1 Å². The number of halogens is 2. The quantitative estimate of drug-likeness (QED) is 0.251. The Morgan fingerprint density at radius 1 is 0.758 bits per heavy atom. The molecule has 33 heavy (non-hydrogen) atoms. The molecule has 0 aliphatic carbocycles. The van der Waals surface area contributed by atoms with Gasteiger partial charge in [0.2, 0.25) is 11.8 Å². The monoisotopic (exact) mass is 584 g/mol. The fraction of sp³-hybridized carbons (Fsp3) is 0.238. The third-order valence-corrected chi connectivity index (χ3v) is 5.22. The molecule has 2 aromatic rings. The minimum absolute atomic E-state index is 0.458. The molecular weight excluding hydrogens is 564 g/mol. The number of methoxy groups -OCH3 is 4. The first-order chi connectivity index (χ1) is 15.8.